The predicted octanol–water partition coefficient (Wildman–Crippen LogP) is -1.55. The van der Waals surface area contributed by atoms with Gasteiger partial charge in [-0.3, -0.25) is 10.1 Å². The molecule has 0 amide bonds. The first kappa shape index (κ1) is 19.0. The second-order valence-electron chi connectivity index (χ2n) is 5.26. The summed E-state index contributed by atoms with van der Waals surface area (Å²) in [4.78, 5) is 21.9. The Morgan fingerprint density at radius 2 is 1.96 bits per heavy atom. The number of ether oxygens (including phenoxy) is 3. The van der Waals surface area contributed by atoms with Crippen molar-refractivity contribution in [2.45, 2.75) is 37.3 Å². The third-order valence-electron chi connectivity index (χ3n) is 3.65. The van der Waals surface area contributed by atoms with Crippen LogP contribution < -0.4 is 4.74 Å². The molecule has 1 aromatic rings. The van der Waals surface area contributed by atoms with E-state index in [0.717, 1.165) is 13.2 Å². The number of rotatable bonds is 5. The summed E-state index contributed by atoms with van der Waals surface area (Å²) >= 11 is 0. The van der Waals surface area contributed by atoms with Gasteiger partial charge in [0.15, 0.2) is 11.9 Å². The smallest absolute Gasteiger partial charge is 0.337 e. The molecule has 1 aromatic carbocycles. The first-order chi connectivity index (χ1) is 11.8. The van der Waals surface area contributed by atoms with Crippen LogP contribution in [0.2, 0.25) is 0 Å². The van der Waals surface area contributed by atoms with Gasteiger partial charge in [0.1, 0.15) is 18.3 Å². The fraction of sp³-hybridized carbons (Fsp3) is 0.500. The van der Waals surface area contributed by atoms with Gasteiger partial charge in [-0.05, 0) is 11.6 Å². The number of hydrogen-bond donors (Lipinski definition) is 4. The molecule has 1 heterocycles. The molecule has 1 aliphatic heterocycles. The number of carbonyl (C=O) groups excluding carboxylic acids is 1. The molecule has 1 aliphatic rings. The van der Waals surface area contributed by atoms with Gasteiger partial charge < -0.3 is 34.6 Å². The Morgan fingerprint density at radius 1 is 1.28 bits per heavy atom. The van der Waals surface area contributed by atoms with Gasteiger partial charge in [0, 0.05) is 6.07 Å². The minimum atomic E-state index is -1.81. The Labute approximate surface area is 141 Å². The zero-order valence-electron chi connectivity index (χ0n) is 13.0. The largest absolute Gasteiger partial charge is 0.467 e. The van der Waals surface area contributed by atoms with Gasteiger partial charge in [0.2, 0.25) is 6.29 Å². The molecule has 138 valence electrons. The monoisotopic (exact) mass is 359 g/mol. The number of nitrogens with zero attached hydrogens (tertiary/aromatic N) is 1. The van der Waals surface area contributed by atoms with Gasteiger partial charge in [-0.25, -0.2) is 4.79 Å². The summed E-state index contributed by atoms with van der Waals surface area (Å²) in [5.74, 6) is -1.34. The van der Waals surface area contributed by atoms with Gasteiger partial charge in [0.05, 0.1) is 18.6 Å². The Hall–Kier alpha value is -2.31. The Kier molecular flexibility index (Phi) is 5.87. The molecule has 0 aromatic heterocycles. The van der Waals surface area contributed by atoms with E-state index in [1.165, 1.54) is 12.1 Å². The highest BCUT2D eigenvalue weighted by Gasteiger charge is 2.48. The molecule has 2 unspecified atom stereocenters. The standard InChI is InChI=1S/C14H17NO10/c1-23-13(20)12-10(18)9(17)11(19)14(25-12)24-8-3-2-6(5-16)4-7(8)15(21)22/h2-4,9-12,14,16-19H,5H2,1H3/t9?,10-,11-,12?,14+/m0/s1. The fourth-order valence-corrected chi connectivity index (χ4v) is 2.28. The third-order valence-corrected chi connectivity index (χ3v) is 3.65. The summed E-state index contributed by atoms with van der Waals surface area (Å²) in [5, 5.41) is 49.7. The zero-order valence-corrected chi connectivity index (χ0v) is 13.0. The number of aliphatic hydroxyl groups is 4. The van der Waals surface area contributed by atoms with E-state index in [9.17, 15) is 30.2 Å². The van der Waals surface area contributed by atoms with E-state index in [-0.39, 0.29) is 11.3 Å². The number of nitro groups is 1. The van der Waals surface area contributed by atoms with Crippen molar-refractivity contribution < 1.29 is 44.4 Å². The minimum Gasteiger partial charge on any atom is -0.467 e. The summed E-state index contributed by atoms with van der Waals surface area (Å²) in [6.07, 6.45) is -8.69. The van der Waals surface area contributed by atoms with Crippen LogP contribution in [0.15, 0.2) is 18.2 Å². The topological polar surface area (TPSA) is 169 Å². The summed E-state index contributed by atoms with van der Waals surface area (Å²) in [5.41, 5.74) is -0.260. The van der Waals surface area contributed by atoms with Crippen LogP contribution in [-0.4, -0.2) is 69.1 Å². The molecule has 1 saturated heterocycles. The first-order valence-corrected chi connectivity index (χ1v) is 7.12. The van der Waals surface area contributed by atoms with E-state index in [4.69, 9.17) is 14.6 Å². The van der Waals surface area contributed by atoms with Crippen LogP contribution in [0.4, 0.5) is 5.69 Å². The second-order valence-corrected chi connectivity index (χ2v) is 5.26. The number of benzene rings is 1. The fourth-order valence-electron chi connectivity index (χ4n) is 2.28. The van der Waals surface area contributed by atoms with Crippen LogP contribution in [0.5, 0.6) is 5.75 Å². The molecule has 1 fully saturated rings. The zero-order chi connectivity index (χ0) is 18.7. The lowest BCUT2D eigenvalue weighted by Crippen LogP contribution is -2.61. The van der Waals surface area contributed by atoms with Crippen molar-refractivity contribution in [3.8, 4) is 5.75 Å². The van der Waals surface area contributed by atoms with Crippen LogP contribution in [0.25, 0.3) is 0 Å². The van der Waals surface area contributed by atoms with Crippen molar-refractivity contribution in [2.24, 2.45) is 0 Å². The molecular formula is C14H17NO10. The molecule has 0 saturated carbocycles. The number of methoxy groups -OCH3 is 1. The molecule has 11 heteroatoms. The van der Waals surface area contributed by atoms with Crippen molar-refractivity contribution in [3.63, 3.8) is 0 Å². The number of esters is 1. The van der Waals surface area contributed by atoms with Crippen LogP contribution in [0, 0.1) is 10.1 Å². The highest BCUT2D eigenvalue weighted by Crippen LogP contribution is 2.32. The molecule has 4 N–H and O–H groups in total. The summed E-state index contributed by atoms with van der Waals surface area (Å²) in [6, 6.07) is 3.58. The van der Waals surface area contributed by atoms with Crippen LogP contribution in [0.3, 0.4) is 0 Å². The van der Waals surface area contributed by atoms with E-state index < -0.39 is 53.9 Å². The Morgan fingerprint density at radius 3 is 2.52 bits per heavy atom. The van der Waals surface area contributed by atoms with E-state index >= 15 is 0 Å². The molecule has 0 aliphatic carbocycles. The van der Waals surface area contributed by atoms with Crippen molar-refractivity contribution in [2.75, 3.05) is 7.11 Å². The second kappa shape index (κ2) is 7.72. The lowest BCUT2D eigenvalue weighted by Gasteiger charge is -2.38. The van der Waals surface area contributed by atoms with E-state index in [2.05, 4.69) is 4.74 Å². The quantitative estimate of drug-likeness (QED) is 0.274. The van der Waals surface area contributed by atoms with Crippen molar-refractivity contribution in [1.82, 2.24) is 0 Å². The van der Waals surface area contributed by atoms with Gasteiger partial charge in [0.25, 0.3) is 0 Å². The van der Waals surface area contributed by atoms with Gasteiger partial charge in [-0.1, -0.05) is 6.07 Å². The summed E-state index contributed by atoms with van der Waals surface area (Å²) < 4.78 is 14.8. The number of nitro benzene ring substituents is 1. The molecule has 0 bridgehead atoms. The average Bonchev–Trinajstić information content (AvgIpc) is 2.61. The van der Waals surface area contributed by atoms with Crippen LogP contribution in [-0.2, 0) is 20.9 Å². The highest BCUT2D eigenvalue weighted by atomic mass is 16.7. The van der Waals surface area contributed by atoms with Crippen LogP contribution in [0.1, 0.15) is 5.56 Å². The Bertz CT molecular complexity index is 650. The maximum Gasteiger partial charge on any atom is 0.337 e. The van der Waals surface area contributed by atoms with Gasteiger partial charge in [-0.15, -0.1) is 0 Å². The van der Waals surface area contributed by atoms with Crippen molar-refractivity contribution in [3.05, 3.63) is 33.9 Å². The normalized spacial score (nSPS) is 29.1. The van der Waals surface area contributed by atoms with E-state index in [1.54, 1.807) is 0 Å². The molecule has 11 nitrogen and oxygen atoms in total. The molecule has 0 spiro atoms. The first-order valence-electron chi connectivity index (χ1n) is 7.12. The van der Waals surface area contributed by atoms with Gasteiger partial charge in [-0.2, -0.15) is 0 Å². The third kappa shape index (κ3) is 3.86. The summed E-state index contributed by atoms with van der Waals surface area (Å²) in [6.45, 7) is -0.432. The molecule has 25 heavy (non-hydrogen) atoms. The summed E-state index contributed by atoms with van der Waals surface area (Å²) in [7, 11) is 1.03. The average molecular weight is 359 g/mol. The van der Waals surface area contributed by atoms with E-state index in [0.29, 0.717) is 0 Å². The number of hydrogen-bond acceptors (Lipinski definition) is 10. The molecule has 5 atom stereocenters. The molecular weight excluding hydrogens is 342 g/mol. The maximum atomic E-state index is 11.6. The number of aliphatic hydroxyl groups excluding tert-OH is 4. The lowest BCUT2D eigenvalue weighted by molar-refractivity contribution is -0.387. The van der Waals surface area contributed by atoms with Crippen LogP contribution >= 0.6 is 0 Å². The van der Waals surface area contributed by atoms with Gasteiger partial charge >= 0.3 is 11.7 Å². The number of carbonyl (C=O) groups is 1. The SMILES string of the molecule is COC(=O)C1O[C@@H](Oc2ccc(CO)cc2[N+](=O)[O-])[C@@H](O)C(O)[C@@H]1O. The molecule has 0 radical (unpaired) electrons. The lowest BCUT2D eigenvalue weighted by atomic mass is 9.99. The molecule has 2 rings (SSSR count). The predicted molar refractivity (Wildman–Crippen MR) is 78.3 cm³/mol. The Balaban J connectivity index is 2.29. The highest BCUT2D eigenvalue weighted by molar-refractivity contribution is 5.75. The maximum absolute atomic E-state index is 11.6. The van der Waals surface area contributed by atoms with E-state index in [1.807, 2.05) is 0 Å². The van der Waals surface area contributed by atoms with Crippen molar-refractivity contribution in [1.29, 1.82) is 0 Å². The van der Waals surface area contributed by atoms with Crippen molar-refractivity contribution >= 4 is 11.7 Å². The minimum absolute atomic E-state index is 0.257.